The molecule has 0 aromatic heterocycles. The van der Waals surface area contributed by atoms with E-state index in [1.54, 1.807) is 0 Å². The summed E-state index contributed by atoms with van der Waals surface area (Å²) in [6.45, 7) is 13.0. The Balaban J connectivity index is 1.73. The molecule has 4 rings (SSSR count). The number of aliphatic hydroxyl groups excluding tert-OH is 3. The minimum Gasteiger partial charge on any atom is -0.393 e. The van der Waals surface area contributed by atoms with E-state index in [2.05, 4.69) is 46.8 Å². The van der Waals surface area contributed by atoms with Gasteiger partial charge in [-0.15, -0.1) is 0 Å². The first-order valence-electron chi connectivity index (χ1n) is 13.0. The summed E-state index contributed by atoms with van der Waals surface area (Å²) >= 11 is 0. The highest BCUT2D eigenvalue weighted by Crippen LogP contribution is 2.65. The second-order valence-electron chi connectivity index (χ2n) is 12.5. The molecule has 33 heavy (non-hydrogen) atoms. The van der Waals surface area contributed by atoms with Crippen molar-refractivity contribution in [2.24, 2.45) is 40.4 Å². The highest BCUT2D eigenvalue weighted by atomic mass is 16.4. The number of Topliss-reactive ketones (excluding diaryl/α,β-unsaturated/α-hetero) is 1. The van der Waals surface area contributed by atoms with Crippen molar-refractivity contribution in [1.29, 1.82) is 0 Å². The van der Waals surface area contributed by atoms with Crippen LogP contribution in [0.25, 0.3) is 0 Å². The lowest BCUT2D eigenvalue weighted by atomic mass is 9.47. The summed E-state index contributed by atoms with van der Waals surface area (Å²) in [5.74, 6) is 1.21. The first kappa shape index (κ1) is 25.1. The van der Waals surface area contributed by atoms with E-state index in [1.165, 1.54) is 0 Å². The van der Waals surface area contributed by atoms with Crippen LogP contribution in [0, 0.1) is 40.4 Å². The molecule has 0 unspecified atom stereocenters. The molecule has 0 heterocycles. The van der Waals surface area contributed by atoms with Gasteiger partial charge in [-0.05, 0) is 60.3 Å². The molecule has 5 heteroatoms. The van der Waals surface area contributed by atoms with Crippen LogP contribution >= 0.6 is 0 Å². The van der Waals surface area contributed by atoms with Gasteiger partial charge in [-0.1, -0.05) is 59.3 Å². The van der Waals surface area contributed by atoms with Crippen LogP contribution in [-0.4, -0.2) is 50.1 Å². The van der Waals surface area contributed by atoms with Crippen molar-refractivity contribution in [1.82, 2.24) is 0 Å². The maximum Gasteiger partial charge on any atom is 0.140 e. The number of aliphatic hydroxyl groups is 4. The number of rotatable bonds is 4. The molecule has 4 aliphatic rings. The molecule has 0 radical (unpaired) electrons. The fourth-order valence-electron chi connectivity index (χ4n) is 7.81. The maximum absolute atomic E-state index is 13.5. The van der Waals surface area contributed by atoms with Gasteiger partial charge in [-0.2, -0.15) is 0 Å². The van der Waals surface area contributed by atoms with Crippen LogP contribution in [0.2, 0.25) is 0 Å². The Morgan fingerprint density at radius 3 is 2.33 bits per heavy atom. The zero-order chi connectivity index (χ0) is 24.5. The zero-order valence-electron chi connectivity index (χ0n) is 21.2. The van der Waals surface area contributed by atoms with Gasteiger partial charge in [0.2, 0.25) is 0 Å². The summed E-state index contributed by atoms with van der Waals surface area (Å²) in [6.07, 6.45) is 4.34. The van der Waals surface area contributed by atoms with E-state index < -0.39 is 35.2 Å². The third kappa shape index (κ3) is 3.52. The van der Waals surface area contributed by atoms with Crippen molar-refractivity contribution in [3.05, 3.63) is 23.3 Å². The molecule has 2 fully saturated rings. The fourth-order valence-corrected chi connectivity index (χ4v) is 7.81. The molecule has 0 aliphatic heterocycles. The van der Waals surface area contributed by atoms with Gasteiger partial charge in [0, 0.05) is 24.2 Å². The average molecular weight is 461 g/mol. The molecular weight excluding hydrogens is 416 g/mol. The van der Waals surface area contributed by atoms with Crippen molar-refractivity contribution in [3.8, 4) is 0 Å². The van der Waals surface area contributed by atoms with E-state index in [-0.39, 0.29) is 29.5 Å². The van der Waals surface area contributed by atoms with Gasteiger partial charge in [0.15, 0.2) is 0 Å². The molecule has 2 saturated carbocycles. The minimum atomic E-state index is -1.58. The monoisotopic (exact) mass is 460 g/mol. The fraction of sp³-hybridized carbons (Fsp3) is 0.821. The van der Waals surface area contributed by atoms with Crippen LogP contribution in [0.4, 0.5) is 0 Å². The SMILES string of the molecule is CC(C)[C@@H](C)/C=C/[C@@H](C)[C@H]1CC(=O)[C@@H]2C3=C(CC[C@@]21C)[C@@]1(C)CC[C@H](O)C[C@@]1(O)[C@@H](O)[C@@H]3O. The highest BCUT2D eigenvalue weighted by molar-refractivity contribution is 5.88. The van der Waals surface area contributed by atoms with E-state index in [4.69, 9.17) is 0 Å². The summed E-state index contributed by atoms with van der Waals surface area (Å²) in [7, 11) is 0. The van der Waals surface area contributed by atoms with Crippen molar-refractivity contribution in [2.75, 3.05) is 0 Å². The minimum absolute atomic E-state index is 0.0485. The van der Waals surface area contributed by atoms with Gasteiger partial charge in [0.1, 0.15) is 23.6 Å². The summed E-state index contributed by atoms with van der Waals surface area (Å²) in [4.78, 5) is 13.5. The number of carbonyl (C=O) groups excluding carboxylic acids is 1. The second-order valence-corrected chi connectivity index (χ2v) is 12.5. The van der Waals surface area contributed by atoms with Crippen molar-refractivity contribution in [2.45, 2.75) is 104 Å². The standard InChI is InChI=1S/C28H44O5/c1-15(2)16(3)7-8-17(4)20-13-21(30)23-22-19(10-11-26(20,23)5)27(6)12-9-18(29)14-28(27,33)25(32)24(22)31/h7-8,15-18,20,23-25,29,31-33H,9-14H2,1-6H3/b8-7+/t16-,17+,18-,20+,23+,24+,25-,26+,27+,28+/m0/s1. The Morgan fingerprint density at radius 2 is 1.70 bits per heavy atom. The van der Waals surface area contributed by atoms with Crippen molar-refractivity contribution >= 4 is 5.78 Å². The Hall–Kier alpha value is -1.01. The molecule has 0 amide bonds. The molecule has 0 bridgehead atoms. The molecular formula is C28H44O5. The number of allylic oxidation sites excluding steroid dienone is 2. The lowest BCUT2D eigenvalue weighted by molar-refractivity contribution is -0.215. The Kier molecular flexibility index (Phi) is 6.30. The number of hydrogen-bond acceptors (Lipinski definition) is 5. The van der Waals surface area contributed by atoms with Crippen LogP contribution in [0.3, 0.4) is 0 Å². The van der Waals surface area contributed by atoms with Gasteiger partial charge in [-0.3, -0.25) is 4.79 Å². The number of hydrogen-bond donors (Lipinski definition) is 4. The van der Waals surface area contributed by atoms with E-state index in [1.807, 2.05) is 6.92 Å². The summed E-state index contributed by atoms with van der Waals surface area (Å²) < 4.78 is 0. The largest absolute Gasteiger partial charge is 0.393 e. The third-order valence-corrected chi connectivity index (χ3v) is 10.5. The normalized spacial score (nSPS) is 47.5. The third-order valence-electron chi connectivity index (χ3n) is 10.5. The van der Waals surface area contributed by atoms with Crippen LogP contribution in [0.1, 0.15) is 80.1 Å². The van der Waals surface area contributed by atoms with Crippen LogP contribution in [-0.2, 0) is 4.79 Å². The van der Waals surface area contributed by atoms with Crippen molar-refractivity contribution in [3.63, 3.8) is 0 Å². The molecule has 4 N–H and O–H groups in total. The quantitative estimate of drug-likeness (QED) is 0.479. The molecule has 0 aromatic carbocycles. The van der Waals surface area contributed by atoms with Gasteiger partial charge in [0.05, 0.1) is 6.10 Å². The number of fused-ring (bicyclic) bond motifs is 4. The highest BCUT2D eigenvalue weighted by Gasteiger charge is 2.67. The molecule has 186 valence electrons. The van der Waals surface area contributed by atoms with Crippen LogP contribution in [0.15, 0.2) is 23.3 Å². The lowest BCUT2D eigenvalue weighted by Crippen LogP contribution is -2.68. The molecule has 0 spiro atoms. The molecule has 0 saturated heterocycles. The van der Waals surface area contributed by atoms with E-state index in [0.29, 0.717) is 43.1 Å². The first-order chi connectivity index (χ1) is 15.3. The molecule has 10 atom stereocenters. The summed E-state index contributed by atoms with van der Waals surface area (Å²) in [5.41, 5.74) is -0.956. The Bertz CT molecular complexity index is 860. The molecule has 5 nitrogen and oxygen atoms in total. The van der Waals surface area contributed by atoms with E-state index >= 15 is 0 Å². The Morgan fingerprint density at radius 1 is 1.03 bits per heavy atom. The van der Waals surface area contributed by atoms with Gasteiger partial charge >= 0.3 is 0 Å². The predicted octanol–water partition coefficient (Wildman–Crippen LogP) is 3.79. The van der Waals surface area contributed by atoms with Crippen molar-refractivity contribution < 1.29 is 25.2 Å². The zero-order valence-corrected chi connectivity index (χ0v) is 21.2. The molecule has 0 aromatic rings. The number of ketones is 1. The maximum atomic E-state index is 13.5. The topological polar surface area (TPSA) is 98.0 Å². The Labute approximate surface area is 199 Å². The second kappa shape index (κ2) is 8.29. The lowest BCUT2D eigenvalue weighted by Gasteiger charge is -2.61. The first-order valence-corrected chi connectivity index (χ1v) is 13.0. The summed E-state index contributed by atoms with van der Waals surface area (Å²) in [6, 6.07) is 0. The number of carbonyl (C=O) groups is 1. The van der Waals surface area contributed by atoms with Crippen LogP contribution in [0.5, 0.6) is 0 Å². The van der Waals surface area contributed by atoms with Gasteiger partial charge in [-0.25, -0.2) is 0 Å². The van der Waals surface area contributed by atoms with Crippen LogP contribution < -0.4 is 0 Å². The van der Waals surface area contributed by atoms with Gasteiger partial charge in [0.25, 0.3) is 0 Å². The smallest absolute Gasteiger partial charge is 0.140 e. The molecule has 4 aliphatic carbocycles. The van der Waals surface area contributed by atoms with E-state index in [0.717, 1.165) is 12.0 Å². The van der Waals surface area contributed by atoms with Gasteiger partial charge < -0.3 is 20.4 Å². The van der Waals surface area contributed by atoms with E-state index in [9.17, 15) is 25.2 Å². The average Bonchev–Trinajstić information content (AvgIpc) is 3.02. The predicted molar refractivity (Wildman–Crippen MR) is 128 cm³/mol. The summed E-state index contributed by atoms with van der Waals surface area (Å²) in [5, 5.41) is 44.3.